The van der Waals surface area contributed by atoms with Gasteiger partial charge in [0.1, 0.15) is 6.10 Å². The quantitative estimate of drug-likeness (QED) is 0.687. The number of hydrogen-bond acceptors (Lipinski definition) is 2. The van der Waals surface area contributed by atoms with E-state index in [2.05, 4.69) is 11.6 Å². The van der Waals surface area contributed by atoms with Crippen LogP contribution in [-0.4, -0.2) is 9.69 Å². The maximum atomic E-state index is 5.80. The van der Waals surface area contributed by atoms with Gasteiger partial charge in [-0.3, -0.25) is 0 Å². The van der Waals surface area contributed by atoms with Crippen LogP contribution in [0.5, 0.6) is 0 Å². The highest BCUT2D eigenvalue weighted by Crippen LogP contribution is 2.37. The standard InChI is InChI=1S/C13H12Cl3NO/c1-8-4-3-5-10(6-8)11-7-9(2)17-12(18-11)13(14,15)16/h3-6,11H,2,7H2,1H3. The zero-order chi connectivity index (χ0) is 13.3. The molecule has 0 saturated carbocycles. The van der Waals surface area contributed by atoms with Crippen molar-refractivity contribution >= 4 is 40.7 Å². The first-order valence-electron chi connectivity index (χ1n) is 5.43. The molecule has 1 aliphatic rings. The second-order valence-corrected chi connectivity index (χ2v) is 6.49. The minimum Gasteiger partial charge on any atom is -0.469 e. The number of nitrogens with zero attached hydrogens (tertiary/aromatic N) is 1. The molecule has 18 heavy (non-hydrogen) atoms. The summed E-state index contributed by atoms with van der Waals surface area (Å²) in [6.07, 6.45) is 0.383. The predicted molar refractivity (Wildman–Crippen MR) is 76.5 cm³/mol. The second-order valence-electron chi connectivity index (χ2n) is 4.21. The third-order valence-corrected chi connectivity index (χ3v) is 3.08. The van der Waals surface area contributed by atoms with Crippen LogP contribution in [0, 0.1) is 6.92 Å². The molecule has 0 aromatic heterocycles. The lowest BCUT2D eigenvalue weighted by Gasteiger charge is -2.28. The summed E-state index contributed by atoms with van der Waals surface area (Å²) in [5, 5.41) is 0. The molecule has 2 rings (SSSR count). The average molecular weight is 305 g/mol. The Balaban J connectivity index is 2.28. The summed E-state index contributed by atoms with van der Waals surface area (Å²) in [5.41, 5.74) is 2.83. The molecule has 0 saturated heterocycles. The maximum absolute atomic E-state index is 5.80. The van der Waals surface area contributed by atoms with E-state index in [1.165, 1.54) is 0 Å². The molecule has 0 radical (unpaired) electrons. The number of aliphatic imine (C=N–C) groups is 1. The Morgan fingerprint density at radius 2 is 2.11 bits per heavy atom. The molecular formula is C13H12Cl3NO. The number of alkyl halides is 3. The Labute approximate surface area is 121 Å². The van der Waals surface area contributed by atoms with E-state index >= 15 is 0 Å². The zero-order valence-electron chi connectivity index (χ0n) is 9.79. The minimum absolute atomic E-state index is 0.0789. The van der Waals surface area contributed by atoms with Crippen LogP contribution in [0.4, 0.5) is 0 Å². The minimum atomic E-state index is -1.66. The number of rotatable bonds is 1. The monoisotopic (exact) mass is 303 g/mol. The fourth-order valence-corrected chi connectivity index (χ4v) is 2.05. The van der Waals surface area contributed by atoms with E-state index in [1.54, 1.807) is 0 Å². The molecule has 0 bridgehead atoms. The van der Waals surface area contributed by atoms with Crippen molar-refractivity contribution < 1.29 is 4.74 Å². The van der Waals surface area contributed by atoms with E-state index in [4.69, 9.17) is 39.5 Å². The van der Waals surface area contributed by atoms with Gasteiger partial charge in [0.25, 0.3) is 3.79 Å². The van der Waals surface area contributed by atoms with Crippen LogP contribution in [0.25, 0.3) is 0 Å². The second kappa shape index (κ2) is 5.12. The molecule has 5 heteroatoms. The van der Waals surface area contributed by atoms with E-state index in [1.807, 2.05) is 31.2 Å². The summed E-state index contributed by atoms with van der Waals surface area (Å²) < 4.78 is 3.99. The van der Waals surface area contributed by atoms with Crippen molar-refractivity contribution in [2.75, 3.05) is 0 Å². The van der Waals surface area contributed by atoms with Gasteiger partial charge in [0.15, 0.2) is 0 Å². The molecule has 1 aromatic rings. The molecule has 1 unspecified atom stereocenters. The van der Waals surface area contributed by atoms with Crippen molar-refractivity contribution in [1.29, 1.82) is 0 Å². The molecule has 1 atom stereocenters. The van der Waals surface area contributed by atoms with Gasteiger partial charge in [-0.15, -0.1) is 0 Å². The highest BCUT2D eigenvalue weighted by molar-refractivity contribution is 6.76. The fraction of sp³-hybridized carbons (Fsp3) is 0.308. The van der Waals surface area contributed by atoms with Crippen molar-refractivity contribution in [3.63, 3.8) is 0 Å². The first kappa shape index (κ1) is 13.7. The van der Waals surface area contributed by atoms with Crippen molar-refractivity contribution in [2.24, 2.45) is 4.99 Å². The van der Waals surface area contributed by atoms with Crippen LogP contribution in [0.15, 0.2) is 41.5 Å². The average Bonchev–Trinajstić information content (AvgIpc) is 2.27. The Hall–Kier alpha value is -0.700. The lowest BCUT2D eigenvalue weighted by molar-refractivity contribution is 0.176. The van der Waals surface area contributed by atoms with E-state index in [0.717, 1.165) is 11.1 Å². The van der Waals surface area contributed by atoms with E-state index in [0.29, 0.717) is 12.1 Å². The molecule has 1 heterocycles. The van der Waals surface area contributed by atoms with Crippen LogP contribution in [0.1, 0.15) is 23.7 Å². The van der Waals surface area contributed by atoms with Gasteiger partial charge in [-0.25, -0.2) is 4.99 Å². The molecular weight excluding hydrogens is 293 g/mol. The third-order valence-electron chi connectivity index (χ3n) is 2.59. The highest BCUT2D eigenvalue weighted by atomic mass is 35.6. The summed E-state index contributed by atoms with van der Waals surface area (Å²) in [4.78, 5) is 4.06. The number of halogens is 3. The molecule has 0 fully saturated rings. The van der Waals surface area contributed by atoms with E-state index < -0.39 is 3.79 Å². The Bertz CT molecular complexity index is 505. The Morgan fingerprint density at radius 3 is 2.72 bits per heavy atom. The fourth-order valence-electron chi connectivity index (χ4n) is 1.79. The summed E-state index contributed by atoms with van der Waals surface area (Å²) >= 11 is 17.4. The molecule has 0 N–H and O–H groups in total. The van der Waals surface area contributed by atoms with E-state index in [-0.39, 0.29) is 12.0 Å². The van der Waals surface area contributed by atoms with Gasteiger partial charge < -0.3 is 4.74 Å². The summed E-state index contributed by atoms with van der Waals surface area (Å²) in [6, 6.07) is 8.01. The Kier molecular flexibility index (Phi) is 3.90. The lowest BCUT2D eigenvalue weighted by atomic mass is 10.0. The number of aryl methyl sites for hydroxylation is 1. The molecule has 0 spiro atoms. The third kappa shape index (κ3) is 3.19. The Morgan fingerprint density at radius 1 is 1.39 bits per heavy atom. The predicted octanol–water partition coefficient (Wildman–Crippen LogP) is 4.74. The summed E-state index contributed by atoms with van der Waals surface area (Å²) in [7, 11) is 0. The van der Waals surface area contributed by atoms with Crippen LogP contribution in [0.2, 0.25) is 0 Å². The van der Waals surface area contributed by atoms with Crippen LogP contribution < -0.4 is 0 Å². The number of hydrogen-bond donors (Lipinski definition) is 0. The van der Waals surface area contributed by atoms with Gasteiger partial charge in [-0.2, -0.15) is 0 Å². The molecule has 96 valence electrons. The number of ether oxygens (including phenoxy) is 1. The SMILES string of the molecule is C=C1CC(c2cccc(C)c2)OC(C(Cl)(Cl)Cl)=N1. The largest absolute Gasteiger partial charge is 0.469 e. The molecule has 2 nitrogen and oxygen atoms in total. The van der Waals surface area contributed by atoms with Crippen LogP contribution in [-0.2, 0) is 4.74 Å². The number of benzene rings is 1. The summed E-state index contributed by atoms with van der Waals surface area (Å²) in [6.45, 7) is 5.85. The van der Waals surface area contributed by atoms with Crippen LogP contribution >= 0.6 is 34.8 Å². The topological polar surface area (TPSA) is 21.6 Å². The smallest absolute Gasteiger partial charge is 0.266 e. The highest BCUT2D eigenvalue weighted by Gasteiger charge is 2.35. The normalized spacial score (nSPS) is 20.3. The van der Waals surface area contributed by atoms with Gasteiger partial charge in [-0.1, -0.05) is 71.2 Å². The van der Waals surface area contributed by atoms with Gasteiger partial charge in [0, 0.05) is 12.1 Å². The van der Waals surface area contributed by atoms with Crippen molar-refractivity contribution in [3.05, 3.63) is 47.7 Å². The lowest BCUT2D eigenvalue weighted by Crippen LogP contribution is -2.28. The zero-order valence-corrected chi connectivity index (χ0v) is 12.1. The van der Waals surface area contributed by atoms with Gasteiger partial charge in [0.2, 0.25) is 5.90 Å². The van der Waals surface area contributed by atoms with Gasteiger partial charge in [-0.05, 0) is 12.5 Å². The van der Waals surface area contributed by atoms with Gasteiger partial charge in [0.05, 0.1) is 0 Å². The van der Waals surface area contributed by atoms with Crippen molar-refractivity contribution in [3.8, 4) is 0 Å². The van der Waals surface area contributed by atoms with Crippen molar-refractivity contribution in [2.45, 2.75) is 23.2 Å². The van der Waals surface area contributed by atoms with E-state index in [9.17, 15) is 0 Å². The first-order valence-corrected chi connectivity index (χ1v) is 6.56. The molecule has 0 aliphatic carbocycles. The molecule has 1 aromatic carbocycles. The first-order chi connectivity index (χ1) is 8.36. The van der Waals surface area contributed by atoms with Crippen molar-refractivity contribution in [1.82, 2.24) is 0 Å². The molecule has 1 aliphatic heterocycles. The van der Waals surface area contributed by atoms with Gasteiger partial charge >= 0.3 is 0 Å². The maximum Gasteiger partial charge on any atom is 0.266 e. The molecule has 0 amide bonds. The van der Waals surface area contributed by atoms with Crippen LogP contribution in [0.3, 0.4) is 0 Å². The summed E-state index contributed by atoms with van der Waals surface area (Å²) in [5.74, 6) is 0.0789.